The zero-order chi connectivity index (χ0) is 16.9. The van der Waals surface area contributed by atoms with E-state index in [-0.39, 0.29) is 22.2 Å². The molecule has 4 nitrogen and oxygen atoms in total. The number of rotatable bonds is 3. The van der Waals surface area contributed by atoms with Crippen LogP contribution in [0.25, 0.3) is 0 Å². The van der Waals surface area contributed by atoms with Gasteiger partial charge in [-0.1, -0.05) is 0 Å². The lowest BCUT2D eigenvalue weighted by Crippen LogP contribution is -2.57. The predicted octanol–water partition coefficient (Wildman–Crippen LogP) is 3.99. The molecule has 1 aromatic carbocycles. The molecule has 4 aliphatic carbocycles. The van der Waals surface area contributed by atoms with Crippen molar-refractivity contribution in [3.05, 3.63) is 29.8 Å². The van der Waals surface area contributed by atoms with Gasteiger partial charge < -0.3 is 10.1 Å². The maximum atomic E-state index is 13.0. The molecule has 128 valence electrons. The highest BCUT2D eigenvalue weighted by Crippen LogP contribution is 2.64. The van der Waals surface area contributed by atoms with Gasteiger partial charge in [0.15, 0.2) is 0 Å². The highest BCUT2D eigenvalue weighted by molar-refractivity contribution is 6.24. The number of benzene rings is 1. The average Bonchev–Trinajstić information content (AvgIpc) is 2.52. The number of alkyl halides is 1. The second-order valence-electron chi connectivity index (χ2n) is 7.92. The smallest absolute Gasteiger partial charge is 0.337 e. The van der Waals surface area contributed by atoms with Gasteiger partial charge in [-0.05, 0) is 74.6 Å². The van der Waals surface area contributed by atoms with E-state index in [0.29, 0.717) is 23.1 Å². The topological polar surface area (TPSA) is 55.4 Å². The third-order valence-electron chi connectivity index (χ3n) is 6.04. The number of halogens is 1. The first-order valence-corrected chi connectivity index (χ1v) is 8.98. The van der Waals surface area contributed by atoms with Crippen LogP contribution < -0.4 is 5.32 Å². The Bertz CT molecular complexity index is 670. The number of nitrogens with one attached hydrogen (secondary N) is 1. The Morgan fingerprint density at radius 2 is 1.75 bits per heavy atom. The SMILES string of the molecule is COC(=O)c1ccc(NC(=O)C23CC4CC(CC(Cl)(C4)C2)C3)cc1. The van der Waals surface area contributed by atoms with Crippen LogP contribution in [0.15, 0.2) is 24.3 Å². The minimum absolute atomic E-state index is 0.0902. The first-order valence-electron chi connectivity index (χ1n) is 8.60. The van der Waals surface area contributed by atoms with Crippen molar-refractivity contribution in [3.8, 4) is 0 Å². The lowest BCUT2D eigenvalue weighted by Gasteiger charge is -2.59. The summed E-state index contributed by atoms with van der Waals surface area (Å²) in [5, 5.41) is 3.05. The summed E-state index contributed by atoms with van der Waals surface area (Å²) in [7, 11) is 1.35. The lowest BCUT2D eigenvalue weighted by molar-refractivity contribution is -0.138. The molecule has 2 unspecified atom stereocenters. The van der Waals surface area contributed by atoms with E-state index in [0.717, 1.165) is 32.1 Å². The van der Waals surface area contributed by atoms with Crippen molar-refractivity contribution >= 4 is 29.2 Å². The number of esters is 1. The van der Waals surface area contributed by atoms with E-state index < -0.39 is 0 Å². The Hall–Kier alpha value is -1.55. The third-order valence-corrected chi connectivity index (χ3v) is 6.48. The molecule has 5 rings (SSSR count). The normalized spacial score (nSPS) is 36.4. The fraction of sp³-hybridized carbons (Fsp3) is 0.579. The van der Waals surface area contributed by atoms with Crippen LogP contribution in [-0.2, 0) is 9.53 Å². The molecule has 4 bridgehead atoms. The third kappa shape index (κ3) is 2.61. The molecule has 24 heavy (non-hydrogen) atoms. The molecule has 2 atom stereocenters. The van der Waals surface area contributed by atoms with Gasteiger partial charge in [0.1, 0.15) is 0 Å². The molecule has 0 radical (unpaired) electrons. The number of amides is 1. The first-order chi connectivity index (χ1) is 11.4. The van der Waals surface area contributed by atoms with Crippen LogP contribution in [0.2, 0.25) is 0 Å². The highest BCUT2D eigenvalue weighted by Gasteiger charge is 2.60. The maximum absolute atomic E-state index is 13.0. The van der Waals surface area contributed by atoms with E-state index in [1.54, 1.807) is 24.3 Å². The molecular weight excluding hydrogens is 326 g/mol. The molecular formula is C19H22ClNO3. The number of carbonyl (C=O) groups excluding carboxylic acids is 2. The summed E-state index contributed by atoms with van der Waals surface area (Å²) in [5.41, 5.74) is 0.879. The highest BCUT2D eigenvalue weighted by atomic mass is 35.5. The van der Waals surface area contributed by atoms with Crippen LogP contribution in [0.1, 0.15) is 48.9 Å². The summed E-state index contributed by atoms with van der Waals surface area (Å²) < 4.78 is 4.69. The minimum atomic E-state index is -0.377. The van der Waals surface area contributed by atoms with Crippen LogP contribution in [0.3, 0.4) is 0 Å². The Kier molecular flexibility index (Phi) is 3.64. The average molecular weight is 348 g/mol. The number of carbonyl (C=O) groups is 2. The molecule has 0 aliphatic heterocycles. The molecule has 0 spiro atoms. The fourth-order valence-corrected chi connectivity index (χ4v) is 6.18. The Balaban J connectivity index is 1.51. The van der Waals surface area contributed by atoms with Crippen molar-refractivity contribution in [2.75, 3.05) is 12.4 Å². The van der Waals surface area contributed by atoms with E-state index >= 15 is 0 Å². The lowest BCUT2D eigenvalue weighted by atomic mass is 9.49. The van der Waals surface area contributed by atoms with E-state index in [4.69, 9.17) is 16.3 Å². The maximum Gasteiger partial charge on any atom is 0.337 e. The molecule has 0 heterocycles. The van der Waals surface area contributed by atoms with Gasteiger partial charge in [0.2, 0.25) is 5.91 Å². The summed E-state index contributed by atoms with van der Waals surface area (Å²) in [6.07, 6.45) is 6.08. The van der Waals surface area contributed by atoms with Gasteiger partial charge in [0, 0.05) is 10.6 Å². The van der Waals surface area contributed by atoms with Gasteiger partial charge in [0.25, 0.3) is 0 Å². The quantitative estimate of drug-likeness (QED) is 0.664. The van der Waals surface area contributed by atoms with Crippen molar-refractivity contribution in [3.63, 3.8) is 0 Å². The second-order valence-corrected chi connectivity index (χ2v) is 8.72. The Morgan fingerprint density at radius 3 is 2.29 bits per heavy atom. The molecule has 5 heteroatoms. The molecule has 4 aliphatic rings. The largest absolute Gasteiger partial charge is 0.465 e. The van der Waals surface area contributed by atoms with Crippen LogP contribution in [0.5, 0.6) is 0 Å². The summed E-state index contributed by atoms with van der Waals surface area (Å²) in [6, 6.07) is 6.84. The summed E-state index contributed by atoms with van der Waals surface area (Å²) in [5.74, 6) is 0.901. The van der Waals surface area contributed by atoms with E-state index in [1.807, 2.05) is 0 Å². The molecule has 1 amide bonds. The Labute approximate surface area is 146 Å². The van der Waals surface area contributed by atoms with Crippen LogP contribution in [-0.4, -0.2) is 23.9 Å². The van der Waals surface area contributed by atoms with Crippen molar-refractivity contribution in [2.24, 2.45) is 17.3 Å². The number of hydrogen-bond acceptors (Lipinski definition) is 3. The molecule has 0 aromatic heterocycles. The predicted molar refractivity (Wildman–Crippen MR) is 92.1 cm³/mol. The monoisotopic (exact) mass is 347 g/mol. The standard InChI is InChI=1S/C19H22ClNO3/c1-24-16(22)14-2-4-15(5-3-14)21-17(23)18-7-12-6-13(8-18)10-19(20,9-12)11-18/h2-5,12-13H,6-11H2,1H3,(H,21,23). The zero-order valence-corrected chi connectivity index (χ0v) is 14.6. The molecule has 4 fully saturated rings. The van der Waals surface area contributed by atoms with Crippen LogP contribution in [0, 0.1) is 17.3 Å². The van der Waals surface area contributed by atoms with Gasteiger partial charge >= 0.3 is 5.97 Å². The molecule has 0 saturated heterocycles. The van der Waals surface area contributed by atoms with Gasteiger partial charge in [-0.2, -0.15) is 0 Å². The minimum Gasteiger partial charge on any atom is -0.465 e. The first kappa shape index (κ1) is 15.9. The van der Waals surface area contributed by atoms with E-state index in [9.17, 15) is 9.59 Å². The van der Waals surface area contributed by atoms with Gasteiger partial charge in [-0.15, -0.1) is 11.6 Å². The zero-order valence-electron chi connectivity index (χ0n) is 13.8. The number of methoxy groups -OCH3 is 1. The molecule has 1 aromatic rings. The Morgan fingerprint density at radius 1 is 1.12 bits per heavy atom. The van der Waals surface area contributed by atoms with Crippen LogP contribution >= 0.6 is 11.6 Å². The number of ether oxygens (including phenoxy) is 1. The van der Waals surface area contributed by atoms with E-state index in [1.165, 1.54) is 13.5 Å². The van der Waals surface area contributed by atoms with E-state index in [2.05, 4.69) is 5.32 Å². The summed E-state index contributed by atoms with van der Waals surface area (Å²) >= 11 is 6.81. The van der Waals surface area contributed by atoms with Crippen molar-refractivity contribution in [1.82, 2.24) is 0 Å². The van der Waals surface area contributed by atoms with Gasteiger partial charge in [-0.3, -0.25) is 4.79 Å². The van der Waals surface area contributed by atoms with Crippen LogP contribution in [0.4, 0.5) is 5.69 Å². The van der Waals surface area contributed by atoms with Crippen molar-refractivity contribution < 1.29 is 14.3 Å². The molecule has 1 N–H and O–H groups in total. The number of hydrogen-bond donors (Lipinski definition) is 1. The summed E-state index contributed by atoms with van der Waals surface area (Å²) in [6.45, 7) is 0. The second kappa shape index (κ2) is 5.48. The fourth-order valence-electron chi connectivity index (χ4n) is 5.49. The number of anilines is 1. The van der Waals surface area contributed by atoms with Gasteiger partial charge in [0.05, 0.1) is 18.1 Å². The summed E-state index contributed by atoms with van der Waals surface area (Å²) in [4.78, 5) is 24.3. The van der Waals surface area contributed by atoms with Crippen molar-refractivity contribution in [2.45, 2.75) is 43.4 Å². The van der Waals surface area contributed by atoms with Crippen molar-refractivity contribution in [1.29, 1.82) is 0 Å². The molecule has 4 saturated carbocycles. The van der Waals surface area contributed by atoms with Gasteiger partial charge in [-0.25, -0.2) is 4.79 Å².